The summed E-state index contributed by atoms with van der Waals surface area (Å²) >= 11 is 6.74. The number of aromatic nitrogens is 1. The minimum atomic E-state index is -0.229. The second kappa shape index (κ2) is 5.73. The summed E-state index contributed by atoms with van der Waals surface area (Å²) in [5.74, 6) is 1.18. The number of hydrogen-bond donors (Lipinski definition) is 2. The van der Waals surface area contributed by atoms with Gasteiger partial charge in [-0.2, -0.15) is 0 Å². The molecule has 2 heterocycles. The molecule has 112 valence electrons. The number of hydrogen-bond acceptors (Lipinski definition) is 5. The SMILES string of the molecule is CN1CC(CC2CC2)C(O)=C(C(=S)Nc2cscn2)C1=O. The number of likely N-dealkylation sites (N-methyl/N-ethyl adjacent to an activating group) is 1. The van der Waals surface area contributed by atoms with E-state index in [1.807, 2.05) is 5.38 Å². The van der Waals surface area contributed by atoms with Crippen molar-refractivity contribution in [3.63, 3.8) is 0 Å². The van der Waals surface area contributed by atoms with Gasteiger partial charge < -0.3 is 15.3 Å². The number of nitrogens with one attached hydrogen (secondary N) is 1. The van der Waals surface area contributed by atoms with Crippen LogP contribution in [0, 0.1) is 11.8 Å². The molecule has 0 bridgehead atoms. The minimum absolute atomic E-state index is 0.00890. The molecule has 0 aromatic carbocycles. The van der Waals surface area contributed by atoms with E-state index in [1.165, 1.54) is 24.2 Å². The Morgan fingerprint density at radius 3 is 3.00 bits per heavy atom. The number of amides is 1. The highest BCUT2D eigenvalue weighted by molar-refractivity contribution is 7.81. The number of aliphatic hydroxyl groups is 1. The van der Waals surface area contributed by atoms with E-state index in [2.05, 4.69) is 10.3 Å². The minimum Gasteiger partial charge on any atom is -0.511 e. The van der Waals surface area contributed by atoms with Gasteiger partial charge in [0, 0.05) is 24.9 Å². The number of anilines is 1. The van der Waals surface area contributed by atoms with Gasteiger partial charge >= 0.3 is 0 Å². The largest absolute Gasteiger partial charge is 0.511 e. The molecule has 0 spiro atoms. The van der Waals surface area contributed by atoms with E-state index in [0.29, 0.717) is 18.3 Å². The van der Waals surface area contributed by atoms with Crippen molar-refractivity contribution < 1.29 is 9.90 Å². The molecule has 7 heteroatoms. The van der Waals surface area contributed by atoms with E-state index < -0.39 is 0 Å². The lowest BCUT2D eigenvalue weighted by Gasteiger charge is -2.31. The van der Waals surface area contributed by atoms with Crippen LogP contribution in [-0.4, -0.2) is 39.5 Å². The predicted molar refractivity (Wildman–Crippen MR) is 86.5 cm³/mol. The van der Waals surface area contributed by atoms with E-state index in [-0.39, 0.29) is 28.1 Å². The van der Waals surface area contributed by atoms with Crippen molar-refractivity contribution in [2.45, 2.75) is 19.3 Å². The van der Waals surface area contributed by atoms with Crippen LogP contribution in [0.25, 0.3) is 0 Å². The van der Waals surface area contributed by atoms with Gasteiger partial charge in [-0.15, -0.1) is 11.3 Å². The van der Waals surface area contributed by atoms with Crippen LogP contribution in [0.15, 0.2) is 22.2 Å². The fourth-order valence-electron chi connectivity index (χ4n) is 2.61. The standard InChI is InChI=1S/C14H17N3O2S2/c1-17-5-9(4-8-2-3-8)12(18)11(14(17)19)13(20)16-10-6-21-7-15-10/h6-9,18H,2-5H2,1H3,(H,16,20). The van der Waals surface area contributed by atoms with Gasteiger partial charge in [-0.25, -0.2) is 4.98 Å². The molecule has 2 aliphatic rings. The number of carbonyl (C=O) groups excluding carboxylic acids is 1. The van der Waals surface area contributed by atoms with Crippen LogP contribution in [0.5, 0.6) is 0 Å². The van der Waals surface area contributed by atoms with Gasteiger partial charge in [0.1, 0.15) is 22.1 Å². The van der Waals surface area contributed by atoms with Crippen molar-refractivity contribution in [2.75, 3.05) is 18.9 Å². The van der Waals surface area contributed by atoms with Gasteiger partial charge in [0.05, 0.1) is 5.51 Å². The summed E-state index contributed by atoms with van der Waals surface area (Å²) in [6.45, 7) is 0.560. The predicted octanol–water partition coefficient (Wildman–Crippen LogP) is 2.58. The van der Waals surface area contributed by atoms with Gasteiger partial charge in [-0.3, -0.25) is 4.79 Å². The zero-order valence-corrected chi connectivity index (χ0v) is 13.3. The van der Waals surface area contributed by atoms with Crippen LogP contribution in [0.4, 0.5) is 5.82 Å². The molecular formula is C14H17N3O2S2. The molecule has 0 radical (unpaired) electrons. The highest BCUT2D eigenvalue weighted by Crippen LogP contribution is 2.39. The fraction of sp³-hybridized carbons (Fsp3) is 0.500. The van der Waals surface area contributed by atoms with E-state index in [1.54, 1.807) is 17.5 Å². The molecule has 1 unspecified atom stereocenters. The number of carbonyl (C=O) groups is 1. The second-order valence-electron chi connectivity index (χ2n) is 5.65. The Morgan fingerprint density at radius 1 is 1.62 bits per heavy atom. The molecule has 1 aromatic heterocycles. The van der Waals surface area contributed by atoms with Crippen LogP contribution in [0.1, 0.15) is 19.3 Å². The molecule has 5 nitrogen and oxygen atoms in total. The Kier molecular flexibility index (Phi) is 3.95. The normalized spacial score (nSPS) is 22.6. The summed E-state index contributed by atoms with van der Waals surface area (Å²) in [6, 6.07) is 0. The van der Waals surface area contributed by atoms with Crippen molar-refractivity contribution in [1.29, 1.82) is 0 Å². The zero-order valence-electron chi connectivity index (χ0n) is 11.7. The molecular weight excluding hydrogens is 306 g/mol. The highest BCUT2D eigenvalue weighted by Gasteiger charge is 2.37. The maximum absolute atomic E-state index is 12.3. The zero-order chi connectivity index (χ0) is 15.0. The Morgan fingerprint density at radius 2 is 2.38 bits per heavy atom. The summed E-state index contributed by atoms with van der Waals surface area (Å²) in [5, 5.41) is 15.2. The molecule has 21 heavy (non-hydrogen) atoms. The van der Waals surface area contributed by atoms with Crippen molar-refractivity contribution >= 4 is 40.3 Å². The highest BCUT2D eigenvalue weighted by atomic mass is 32.1. The molecule has 1 atom stereocenters. The van der Waals surface area contributed by atoms with Crippen molar-refractivity contribution in [1.82, 2.24) is 9.88 Å². The summed E-state index contributed by atoms with van der Waals surface area (Å²) < 4.78 is 0. The van der Waals surface area contributed by atoms with Crippen LogP contribution in [-0.2, 0) is 4.79 Å². The Balaban J connectivity index is 1.83. The van der Waals surface area contributed by atoms with Gasteiger partial charge in [0.2, 0.25) is 0 Å². The molecule has 1 aliphatic heterocycles. The molecule has 1 aromatic rings. The van der Waals surface area contributed by atoms with Gasteiger partial charge in [-0.1, -0.05) is 25.1 Å². The molecule has 2 N–H and O–H groups in total. The van der Waals surface area contributed by atoms with E-state index >= 15 is 0 Å². The fourth-order valence-corrected chi connectivity index (χ4v) is 3.39. The van der Waals surface area contributed by atoms with Crippen LogP contribution in [0.3, 0.4) is 0 Å². The third-order valence-corrected chi connectivity index (χ3v) is 4.81. The van der Waals surface area contributed by atoms with Gasteiger partial charge in [0.25, 0.3) is 5.91 Å². The lowest BCUT2D eigenvalue weighted by atomic mass is 9.92. The van der Waals surface area contributed by atoms with E-state index in [4.69, 9.17) is 12.2 Å². The molecule has 1 aliphatic carbocycles. The first-order chi connectivity index (χ1) is 10.1. The number of thiocarbonyl (C=S) groups is 1. The first-order valence-electron chi connectivity index (χ1n) is 6.94. The number of aliphatic hydroxyl groups excluding tert-OH is 1. The smallest absolute Gasteiger partial charge is 0.260 e. The lowest BCUT2D eigenvalue weighted by Crippen LogP contribution is -2.42. The van der Waals surface area contributed by atoms with E-state index in [0.717, 1.165) is 6.42 Å². The van der Waals surface area contributed by atoms with Crippen LogP contribution < -0.4 is 5.32 Å². The van der Waals surface area contributed by atoms with Crippen molar-refractivity contribution in [3.8, 4) is 0 Å². The Bertz CT molecular complexity index is 593. The molecule has 1 fully saturated rings. The molecule has 1 saturated carbocycles. The van der Waals surface area contributed by atoms with Crippen LogP contribution >= 0.6 is 23.6 Å². The van der Waals surface area contributed by atoms with E-state index in [9.17, 15) is 9.90 Å². The van der Waals surface area contributed by atoms with Gasteiger partial charge in [0.15, 0.2) is 0 Å². The van der Waals surface area contributed by atoms with Crippen LogP contribution in [0.2, 0.25) is 0 Å². The average Bonchev–Trinajstić information content (AvgIpc) is 3.11. The lowest BCUT2D eigenvalue weighted by molar-refractivity contribution is -0.127. The first kappa shape index (κ1) is 14.5. The maximum Gasteiger partial charge on any atom is 0.260 e. The van der Waals surface area contributed by atoms with Crippen molar-refractivity contribution in [3.05, 3.63) is 22.2 Å². The molecule has 1 amide bonds. The average molecular weight is 323 g/mol. The second-order valence-corrected chi connectivity index (χ2v) is 6.78. The summed E-state index contributed by atoms with van der Waals surface area (Å²) in [7, 11) is 1.75. The number of rotatable bonds is 4. The third-order valence-electron chi connectivity index (χ3n) is 3.91. The Hall–Kier alpha value is -1.47. The summed E-state index contributed by atoms with van der Waals surface area (Å²) in [5.41, 5.74) is 1.90. The summed E-state index contributed by atoms with van der Waals surface area (Å²) in [6.07, 6.45) is 3.36. The van der Waals surface area contributed by atoms with Crippen molar-refractivity contribution in [2.24, 2.45) is 11.8 Å². The third kappa shape index (κ3) is 3.08. The topological polar surface area (TPSA) is 65.5 Å². The number of nitrogens with zero attached hydrogens (tertiary/aromatic N) is 2. The first-order valence-corrected chi connectivity index (χ1v) is 8.29. The molecule has 3 rings (SSSR count). The van der Waals surface area contributed by atoms with Gasteiger partial charge in [-0.05, 0) is 12.3 Å². The summed E-state index contributed by atoms with van der Waals surface area (Å²) in [4.78, 5) is 18.3. The maximum atomic E-state index is 12.3. The Labute approximate surface area is 132 Å². The monoisotopic (exact) mass is 323 g/mol. The molecule has 0 saturated heterocycles. The quantitative estimate of drug-likeness (QED) is 0.834. The number of thiazole rings is 1.